The summed E-state index contributed by atoms with van der Waals surface area (Å²) in [5, 5.41) is 0. The average molecular weight is 332 g/mol. The van der Waals surface area contributed by atoms with Gasteiger partial charge in [-0.05, 0) is 62.4 Å². The van der Waals surface area contributed by atoms with Crippen LogP contribution in [0.2, 0.25) is 0 Å². The number of carbonyl (C=O) groups is 2. The number of carbonyl (C=O) groups excluding carboxylic acids is 2. The van der Waals surface area contributed by atoms with Gasteiger partial charge in [0.15, 0.2) is 0 Å². The van der Waals surface area contributed by atoms with Gasteiger partial charge >= 0.3 is 11.9 Å². The Morgan fingerprint density at radius 2 is 1.75 bits per heavy atom. The molecule has 6 bridgehead atoms. The van der Waals surface area contributed by atoms with Crippen molar-refractivity contribution in [2.45, 2.75) is 62.8 Å². The Morgan fingerprint density at radius 1 is 1.12 bits per heavy atom. The molecule has 3 atom stereocenters. The summed E-state index contributed by atoms with van der Waals surface area (Å²) < 4.78 is 17.0. The van der Waals surface area contributed by atoms with E-state index in [4.69, 9.17) is 14.2 Å². The van der Waals surface area contributed by atoms with Gasteiger partial charge in [0.1, 0.15) is 6.10 Å². The molecule has 0 unspecified atom stereocenters. The van der Waals surface area contributed by atoms with Gasteiger partial charge in [-0.2, -0.15) is 0 Å². The third-order valence-electron chi connectivity index (χ3n) is 7.02. The molecule has 130 valence electrons. The number of hydrogen-bond donors (Lipinski definition) is 0. The van der Waals surface area contributed by atoms with Gasteiger partial charge in [0, 0.05) is 6.42 Å². The summed E-state index contributed by atoms with van der Waals surface area (Å²) in [5.41, 5.74) is -1.56. The zero-order chi connectivity index (χ0) is 16.5. The summed E-state index contributed by atoms with van der Waals surface area (Å²) in [6.07, 6.45) is 10.5. The maximum atomic E-state index is 12.5. The standard InChI is InChI=1S/C19H24O5/c1-22-16(20)19-3-2-14(23-17(19)21)7-15(19)24-18-8-11-4-12(9-18)6-13(5-11)10-18/h2-3,11-15H,4-10H2,1H3/t11?,12?,13?,14-,15+,18?,19+/m0/s1. The molecule has 5 aliphatic carbocycles. The van der Waals surface area contributed by atoms with E-state index in [1.165, 1.54) is 26.4 Å². The Bertz CT molecular complexity index is 588. The summed E-state index contributed by atoms with van der Waals surface area (Å²) in [6.45, 7) is 0. The molecular weight excluding hydrogens is 308 g/mol. The summed E-state index contributed by atoms with van der Waals surface area (Å²) in [4.78, 5) is 25.0. The van der Waals surface area contributed by atoms with Crippen molar-refractivity contribution in [3.8, 4) is 0 Å². The van der Waals surface area contributed by atoms with Crippen LogP contribution in [-0.4, -0.2) is 36.9 Å². The predicted octanol–water partition coefficient (Wildman–Crippen LogP) is 2.39. The van der Waals surface area contributed by atoms with Crippen molar-refractivity contribution in [1.82, 2.24) is 0 Å². The predicted molar refractivity (Wildman–Crippen MR) is 83.9 cm³/mol. The smallest absolute Gasteiger partial charge is 0.330 e. The van der Waals surface area contributed by atoms with E-state index >= 15 is 0 Å². The number of fused-ring (bicyclic) bond motifs is 2. The van der Waals surface area contributed by atoms with Crippen LogP contribution < -0.4 is 0 Å². The normalized spacial score (nSPS) is 50.9. The molecule has 4 saturated carbocycles. The van der Waals surface area contributed by atoms with Gasteiger partial charge in [-0.1, -0.05) is 6.08 Å². The SMILES string of the molecule is COC(=O)[C@@]12C=C[C@@H](C[C@H]1OC13CC4CC(CC(C4)C1)C3)OC2=O. The quantitative estimate of drug-likeness (QED) is 0.451. The lowest BCUT2D eigenvalue weighted by Gasteiger charge is -2.58. The molecule has 5 heteroatoms. The topological polar surface area (TPSA) is 61.8 Å². The minimum absolute atomic E-state index is 0.147. The summed E-state index contributed by atoms with van der Waals surface area (Å²) in [6, 6.07) is 0. The van der Waals surface area contributed by atoms with Gasteiger partial charge in [-0.15, -0.1) is 0 Å². The minimum Gasteiger partial charge on any atom is -0.468 e. The van der Waals surface area contributed by atoms with Crippen LogP contribution in [0.15, 0.2) is 12.2 Å². The molecule has 2 aliphatic heterocycles. The van der Waals surface area contributed by atoms with E-state index in [0.29, 0.717) is 6.42 Å². The Kier molecular flexibility index (Phi) is 3.01. The highest BCUT2D eigenvalue weighted by molar-refractivity contribution is 6.04. The highest BCUT2D eigenvalue weighted by atomic mass is 16.6. The fourth-order valence-corrected chi connectivity index (χ4v) is 6.43. The van der Waals surface area contributed by atoms with Crippen LogP contribution in [0, 0.1) is 23.2 Å². The molecule has 5 nitrogen and oxygen atoms in total. The number of esters is 2. The molecule has 1 saturated heterocycles. The number of rotatable bonds is 3. The van der Waals surface area contributed by atoms with Gasteiger partial charge < -0.3 is 14.2 Å². The number of hydrogen-bond acceptors (Lipinski definition) is 5. The highest BCUT2D eigenvalue weighted by Crippen LogP contribution is 2.58. The lowest BCUT2D eigenvalue weighted by molar-refractivity contribution is -0.235. The van der Waals surface area contributed by atoms with Crippen LogP contribution in [0.4, 0.5) is 0 Å². The Morgan fingerprint density at radius 3 is 2.29 bits per heavy atom. The monoisotopic (exact) mass is 332 g/mol. The van der Waals surface area contributed by atoms with E-state index in [1.807, 2.05) is 0 Å². The lowest BCUT2D eigenvalue weighted by Crippen LogP contribution is -2.62. The molecule has 0 radical (unpaired) electrons. The van der Waals surface area contributed by atoms with Crippen molar-refractivity contribution in [2.24, 2.45) is 23.2 Å². The zero-order valence-electron chi connectivity index (χ0n) is 14.0. The van der Waals surface area contributed by atoms with Crippen molar-refractivity contribution in [1.29, 1.82) is 0 Å². The Labute approximate surface area is 141 Å². The molecule has 0 N–H and O–H groups in total. The molecule has 7 rings (SSSR count). The van der Waals surface area contributed by atoms with Gasteiger partial charge in [0.2, 0.25) is 5.41 Å². The maximum absolute atomic E-state index is 12.5. The van der Waals surface area contributed by atoms with Crippen molar-refractivity contribution in [2.75, 3.05) is 7.11 Å². The summed E-state index contributed by atoms with van der Waals surface area (Å²) in [7, 11) is 1.32. The van der Waals surface area contributed by atoms with Gasteiger partial charge in [-0.3, -0.25) is 9.59 Å². The van der Waals surface area contributed by atoms with Crippen LogP contribution in [0.25, 0.3) is 0 Å². The maximum Gasteiger partial charge on any atom is 0.330 e. The van der Waals surface area contributed by atoms with Crippen molar-refractivity contribution >= 4 is 11.9 Å². The molecule has 0 amide bonds. The van der Waals surface area contributed by atoms with Crippen LogP contribution in [-0.2, 0) is 23.8 Å². The van der Waals surface area contributed by atoms with Gasteiger partial charge in [0.05, 0.1) is 18.8 Å². The third kappa shape index (κ3) is 1.91. The van der Waals surface area contributed by atoms with E-state index in [2.05, 4.69) is 0 Å². The zero-order valence-corrected chi connectivity index (χ0v) is 14.0. The number of methoxy groups -OCH3 is 1. The first-order valence-corrected chi connectivity index (χ1v) is 9.20. The molecule has 7 aliphatic rings. The first kappa shape index (κ1) is 14.9. The van der Waals surface area contributed by atoms with Crippen molar-refractivity contribution in [3.63, 3.8) is 0 Å². The van der Waals surface area contributed by atoms with Crippen LogP contribution in [0.3, 0.4) is 0 Å². The number of ether oxygens (including phenoxy) is 3. The van der Waals surface area contributed by atoms with E-state index in [9.17, 15) is 9.59 Å². The summed E-state index contributed by atoms with van der Waals surface area (Å²) >= 11 is 0. The van der Waals surface area contributed by atoms with E-state index in [-0.39, 0.29) is 11.7 Å². The second-order valence-electron chi connectivity index (χ2n) is 8.61. The lowest BCUT2D eigenvalue weighted by atomic mass is 9.54. The molecule has 24 heavy (non-hydrogen) atoms. The molecule has 0 aromatic rings. The first-order chi connectivity index (χ1) is 11.5. The van der Waals surface area contributed by atoms with Crippen LogP contribution in [0.1, 0.15) is 44.9 Å². The second-order valence-corrected chi connectivity index (χ2v) is 8.61. The molecule has 5 fully saturated rings. The van der Waals surface area contributed by atoms with Crippen molar-refractivity contribution < 1.29 is 23.8 Å². The summed E-state index contributed by atoms with van der Waals surface area (Å²) in [5.74, 6) is 1.20. The molecular formula is C19H24O5. The van der Waals surface area contributed by atoms with Gasteiger partial charge in [0.25, 0.3) is 0 Å². The molecule has 0 aromatic heterocycles. The van der Waals surface area contributed by atoms with E-state index in [1.54, 1.807) is 12.2 Å². The molecule has 0 spiro atoms. The molecule has 0 aromatic carbocycles. The molecule has 2 heterocycles. The first-order valence-electron chi connectivity index (χ1n) is 9.20. The fraction of sp³-hybridized carbons (Fsp3) is 0.789. The largest absolute Gasteiger partial charge is 0.468 e. The average Bonchev–Trinajstić information content (AvgIpc) is 2.52. The fourth-order valence-electron chi connectivity index (χ4n) is 6.43. The van der Waals surface area contributed by atoms with E-state index in [0.717, 1.165) is 37.0 Å². The van der Waals surface area contributed by atoms with Crippen LogP contribution >= 0.6 is 0 Å². The Hall–Kier alpha value is -1.36. The third-order valence-corrected chi connectivity index (χ3v) is 7.02. The minimum atomic E-state index is -1.41. The van der Waals surface area contributed by atoms with E-state index < -0.39 is 23.5 Å². The Balaban J connectivity index is 1.47. The highest BCUT2D eigenvalue weighted by Gasteiger charge is 2.63. The van der Waals surface area contributed by atoms with Crippen LogP contribution in [0.5, 0.6) is 0 Å². The van der Waals surface area contributed by atoms with Crippen molar-refractivity contribution in [3.05, 3.63) is 12.2 Å². The second kappa shape index (κ2) is 4.84. The van der Waals surface area contributed by atoms with Gasteiger partial charge in [-0.25, -0.2) is 0 Å².